The molecule has 1 atom stereocenters. The minimum absolute atomic E-state index is 0.143. The van der Waals surface area contributed by atoms with Gasteiger partial charge in [0.2, 0.25) is 0 Å². The molecule has 2 amide bonds. The molecule has 0 saturated carbocycles. The van der Waals surface area contributed by atoms with E-state index in [1.165, 1.54) is 13.0 Å². The predicted octanol–water partition coefficient (Wildman–Crippen LogP) is 2.41. The third-order valence-electron chi connectivity index (χ3n) is 2.02. The summed E-state index contributed by atoms with van der Waals surface area (Å²) >= 11 is 0. The zero-order valence-electron chi connectivity index (χ0n) is 13.0. The number of carbonyl (C=O) groups excluding carboxylic acids is 2. The van der Waals surface area contributed by atoms with Crippen LogP contribution in [0.15, 0.2) is 12.7 Å². The fourth-order valence-electron chi connectivity index (χ4n) is 1.25. The summed E-state index contributed by atoms with van der Waals surface area (Å²) in [4.78, 5) is 28.1. The number of nitrogens with one attached hydrogen (secondary N) is 1. The Balaban J connectivity index is 4.75. The van der Waals surface area contributed by atoms with Gasteiger partial charge in [0.15, 0.2) is 0 Å². The second-order valence-corrected chi connectivity index (χ2v) is 5.44. The number of ether oxygens (including phenoxy) is 1. The first-order chi connectivity index (χ1) is 9.85. The van der Waals surface area contributed by atoms with Gasteiger partial charge in [0, 0.05) is 0 Å². The molecular weight excluding hydrogens is 305 g/mol. The molecule has 0 rings (SSSR count). The molecular formula is C13H21F3N2O4. The van der Waals surface area contributed by atoms with Gasteiger partial charge in [-0.25, -0.2) is 9.86 Å². The van der Waals surface area contributed by atoms with Gasteiger partial charge in [-0.3, -0.25) is 9.63 Å². The summed E-state index contributed by atoms with van der Waals surface area (Å²) in [7, 11) is 0. The van der Waals surface area contributed by atoms with E-state index in [2.05, 4.69) is 16.7 Å². The van der Waals surface area contributed by atoms with Crippen LogP contribution in [-0.4, -0.2) is 48.0 Å². The Morgan fingerprint density at radius 2 is 1.86 bits per heavy atom. The molecule has 0 aromatic rings. The SMILES string of the molecule is C=CCON(CC(F)(F)F)C(=O)C(C)NC(=O)OC(C)(C)C. The molecule has 0 aromatic carbocycles. The quantitative estimate of drug-likeness (QED) is 0.601. The molecule has 1 N–H and O–H groups in total. The zero-order valence-corrected chi connectivity index (χ0v) is 13.0. The Hall–Kier alpha value is -1.77. The number of hydroxylamine groups is 2. The van der Waals surface area contributed by atoms with E-state index < -0.39 is 36.4 Å². The van der Waals surface area contributed by atoms with E-state index in [0.717, 1.165) is 0 Å². The van der Waals surface area contributed by atoms with Gasteiger partial charge in [0.05, 0.1) is 6.61 Å². The van der Waals surface area contributed by atoms with E-state index in [-0.39, 0.29) is 11.7 Å². The number of alkyl halides is 3. The Bertz CT molecular complexity index is 405. The van der Waals surface area contributed by atoms with Crippen LogP contribution in [0.2, 0.25) is 0 Å². The van der Waals surface area contributed by atoms with Gasteiger partial charge in [-0.15, -0.1) is 6.58 Å². The normalized spacial score (nSPS) is 13.2. The fraction of sp³-hybridized carbons (Fsp3) is 0.692. The van der Waals surface area contributed by atoms with Gasteiger partial charge in [-0.1, -0.05) is 6.08 Å². The van der Waals surface area contributed by atoms with Crippen LogP contribution in [0.5, 0.6) is 0 Å². The number of amides is 2. The lowest BCUT2D eigenvalue weighted by Crippen LogP contribution is -2.50. The maximum atomic E-state index is 12.4. The van der Waals surface area contributed by atoms with E-state index in [1.807, 2.05) is 0 Å². The Kier molecular flexibility index (Phi) is 7.37. The molecule has 0 bridgehead atoms. The molecule has 0 aliphatic heterocycles. The van der Waals surface area contributed by atoms with Gasteiger partial charge in [-0.2, -0.15) is 13.2 Å². The first kappa shape index (κ1) is 20.2. The second kappa shape index (κ2) is 8.02. The minimum atomic E-state index is -4.64. The number of halogens is 3. The summed E-state index contributed by atoms with van der Waals surface area (Å²) in [6, 6.07) is -1.25. The van der Waals surface area contributed by atoms with Gasteiger partial charge in [0.25, 0.3) is 5.91 Å². The van der Waals surface area contributed by atoms with Crippen molar-refractivity contribution in [2.24, 2.45) is 0 Å². The summed E-state index contributed by atoms with van der Waals surface area (Å²) in [5.74, 6) is -1.05. The Morgan fingerprint density at radius 3 is 2.27 bits per heavy atom. The van der Waals surface area contributed by atoms with E-state index in [0.29, 0.717) is 0 Å². The largest absolute Gasteiger partial charge is 0.444 e. The molecule has 0 aliphatic rings. The highest BCUT2D eigenvalue weighted by molar-refractivity contribution is 5.84. The van der Waals surface area contributed by atoms with Gasteiger partial charge in [-0.05, 0) is 27.7 Å². The molecule has 1 unspecified atom stereocenters. The van der Waals surface area contributed by atoms with E-state index in [4.69, 9.17) is 4.74 Å². The monoisotopic (exact) mass is 326 g/mol. The van der Waals surface area contributed by atoms with Crippen LogP contribution in [0.3, 0.4) is 0 Å². The molecule has 0 fully saturated rings. The van der Waals surface area contributed by atoms with Crippen LogP contribution in [-0.2, 0) is 14.4 Å². The maximum Gasteiger partial charge on any atom is 0.408 e. The van der Waals surface area contributed by atoms with Crippen LogP contribution < -0.4 is 5.32 Å². The maximum absolute atomic E-state index is 12.4. The van der Waals surface area contributed by atoms with Gasteiger partial charge < -0.3 is 10.1 Å². The molecule has 0 saturated heterocycles. The highest BCUT2D eigenvalue weighted by Gasteiger charge is 2.36. The number of nitrogens with zero attached hydrogens (tertiary/aromatic N) is 1. The van der Waals surface area contributed by atoms with Crippen LogP contribution in [0, 0.1) is 0 Å². The lowest BCUT2D eigenvalue weighted by Gasteiger charge is -2.26. The van der Waals surface area contributed by atoms with Crippen molar-refractivity contribution in [3.63, 3.8) is 0 Å². The van der Waals surface area contributed by atoms with Crippen molar-refractivity contribution < 1.29 is 32.3 Å². The second-order valence-electron chi connectivity index (χ2n) is 5.44. The smallest absolute Gasteiger partial charge is 0.408 e. The summed E-state index contributed by atoms with van der Waals surface area (Å²) in [6.45, 7) is 7.48. The van der Waals surface area contributed by atoms with Crippen molar-refractivity contribution in [1.82, 2.24) is 10.4 Å². The van der Waals surface area contributed by atoms with E-state index in [1.54, 1.807) is 20.8 Å². The van der Waals surface area contributed by atoms with Crippen LogP contribution in [0.4, 0.5) is 18.0 Å². The van der Waals surface area contributed by atoms with Crippen molar-refractivity contribution in [2.45, 2.75) is 45.5 Å². The van der Waals surface area contributed by atoms with Crippen molar-refractivity contribution >= 4 is 12.0 Å². The third-order valence-corrected chi connectivity index (χ3v) is 2.02. The lowest BCUT2D eigenvalue weighted by atomic mass is 10.2. The minimum Gasteiger partial charge on any atom is -0.444 e. The molecule has 0 radical (unpaired) electrons. The number of hydrogen-bond acceptors (Lipinski definition) is 4. The summed E-state index contributed by atoms with van der Waals surface area (Å²) in [5, 5.41) is 2.30. The Labute approximate surface area is 127 Å². The average Bonchev–Trinajstić information content (AvgIpc) is 2.29. The molecule has 9 heteroatoms. The fourth-order valence-corrected chi connectivity index (χ4v) is 1.25. The first-order valence-electron chi connectivity index (χ1n) is 6.47. The van der Waals surface area contributed by atoms with E-state index >= 15 is 0 Å². The molecule has 0 spiro atoms. The van der Waals surface area contributed by atoms with Crippen LogP contribution in [0.1, 0.15) is 27.7 Å². The predicted molar refractivity (Wildman–Crippen MR) is 72.7 cm³/mol. The lowest BCUT2D eigenvalue weighted by molar-refractivity contribution is -0.230. The zero-order chi connectivity index (χ0) is 17.6. The van der Waals surface area contributed by atoms with Crippen molar-refractivity contribution in [2.75, 3.05) is 13.2 Å². The summed E-state index contributed by atoms with van der Waals surface area (Å²) in [5.41, 5.74) is -0.794. The van der Waals surface area contributed by atoms with E-state index in [9.17, 15) is 22.8 Å². The Morgan fingerprint density at radius 1 is 1.32 bits per heavy atom. The van der Waals surface area contributed by atoms with Crippen molar-refractivity contribution in [1.29, 1.82) is 0 Å². The molecule has 22 heavy (non-hydrogen) atoms. The molecule has 128 valence electrons. The summed E-state index contributed by atoms with van der Waals surface area (Å²) < 4.78 is 42.2. The standard InChI is InChI=1S/C13H21F3N2O4/c1-6-7-21-18(8-13(14,15)16)10(19)9(2)17-11(20)22-12(3,4)5/h6,9H,1,7-8H2,2-5H3,(H,17,20). The van der Waals surface area contributed by atoms with Gasteiger partial charge >= 0.3 is 12.3 Å². The molecule has 6 nitrogen and oxygen atoms in total. The number of hydrogen-bond donors (Lipinski definition) is 1. The highest BCUT2D eigenvalue weighted by Crippen LogP contribution is 2.17. The molecule has 0 aromatic heterocycles. The highest BCUT2D eigenvalue weighted by atomic mass is 19.4. The number of rotatable bonds is 6. The topological polar surface area (TPSA) is 67.9 Å². The van der Waals surface area contributed by atoms with Crippen LogP contribution >= 0.6 is 0 Å². The molecule has 0 aliphatic carbocycles. The summed E-state index contributed by atoms with van der Waals surface area (Å²) in [6.07, 6.45) is -4.35. The number of carbonyl (C=O) groups is 2. The van der Waals surface area contributed by atoms with Gasteiger partial charge in [0.1, 0.15) is 18.2 Å². The molecule has 0 heterocycles. The van der Waals surface area contributed by atoms with Crippen molar-refractivity contribution in [3.8, 4) is 0 Å². The van der Waals surface area contributed by atoms with Crippen LogP contribution in [0.25, 0.3) is 0 Å². The van der Waals surface area contributed by atoms with Crippen molar-refractivity contribution in [3.05, 3.63) is 12.7 Å². The first-order valence-corrected chi connectivity index (χ1v) is 6.47. The third kappa shape index (κ3) is 9.22. The number of alkyl carbamates (subject to hydrolysis) is 1. The average molecular weight is 326 g/mol.